The van der Waals surface area contributed by atoms with E-state index in [2.05, 4.69) is 40.5 Å². The highest BCUT2D eigenvalue weighted by atomic mass is 32.1. The smallest absolute Gasteiger partial charge is 0.227 e. The molecule has 1 aliphatic heterocycles. The van der Waals surface area contributed by atoms with Crippen LogP contribution in [0, 0.1) is 0 Å². The molecule has 0 aromatic heterocycles. The van der Waals surface area contributed by atoms with E-state index in [-0.39, 0.29) is 17.1 Å². The van der Waals surface area contributed by atoms with Crippen LogP contribution in [0.3, 0.4) is 0 Å². The fourth-order valence-electron chi connectivity index (χ4n) is 3.96. The van der Waals surface area contributed by atoms with Gasteiger partial charge < -0.3 is 20.9 Å². The van der Waals surface area contributed by atoms with Gasteiger partial charge in [0.05, 0.1) is 11.4 Å². The molecule has 1 heterocycles. The average molecular weight is 411 g/mol. The van der Waals surface area contributed by atoms with Crippen LogP contribution >= 0.6 is 12.2 Å². The van der Waals surface area contributed by atoms with Gasteiger partial charge >= 0.3 is 0 Å². The molecule has 29 heavy (non-hydrogen) atoms. The van der Waals surface area contributed by atoms with Crippen molar-refractivity contribution in [1.29, 1.82) is 0 Å². The topological polar surface area (TPSA) is 61.6 Å². The van der Waals surface area contributed by atoms with Crippen LogP contribution in [0.5, 0.6) is 0 Å². The maximum Gasteiger partial charge on any atom is 0.227 e. The summed E-state index contributed by atoms with van der Waals surface area (Å²) in [7, 11) is 0. The number of carbonyl (C=O) groups excluding carboxylic acids is 1. The molecule has 0 saturated carbocycles. The van der Waals surface area contributed by atoms with Crippen molar-refractivity contribution in [1.82, 2.24) is 4.90 Å². The number of hydrogen-bond acceptors (Lipinski definition) is 3. The predicted molar refractivity (Wildman–Crippen MR) is 124 cm³/mol. The molecule has 0 unspecified atom stereocenters. The van der Waals surface area contributed by atoms with E-state index in [1.807, 2.05) is 36.1 Å². The molecule has 154 valence electrons. The quantitative estimate of drug-likeness (QED) is 0.680. The lowest BCUT2D eigenvalue weighted by Gasteiger charge is -2.39. The highest BCUT2D eigenvalue weighted by Gasteiger charge is 2.29. The molecule has 0 bridgehead atoms. The Morgan fingerprint density at radius 2 is 1.79 bits per heavy atom. The minimum absolute atomic E-state index is 0.130. The van der Waals surface area contributed by atoms with Gasteiger partial charge in [-0.3, -0.25) is 4.79 Å². The summed E-state index contributed by atoms with van der Waals surface area (Å²) in [5.74, 6) is 0.130. The van der Waals surface area contributed by atoms with E-state index in [0.717, 1.165) is 50.3 Å². The first kappa shape index (κ1) is 21.3. The SMILES string of the molecule is CCC(=O)N(c1ccccc1NC(N)=S)C1CCN(CCc2ccccc2)CC1. The van der Waals surface area contributed by atoms with Crippen LogP contribution in [-0.2, 0) is 11.2 Å². The third-order valence-electron chi connectivity index (χ3n) is 5.47. The monoisotopic (exact) mass is 410 g/mol. The Kier molecular flexibility index (Phi) is 7.61. The van der Waals surface area contributed by atoms with Gasteiger partial charge in [0.1, 0.15) is 0 Å². The average Bonchev–Trinajstić information content (AvgIpc) is 2.74. The second kappa shape index (κ2) is 10.4. The Morgan fingerprint density at radius 3 is 2.45 bits per heavy atom. The molecule has 6 heteroatoms. The summed E-state index contributed by atoms with van der Waals surface area (Å²) in [5.41, 5.74) is 8.70. The number of para-hydroxylation sites is 2. The number of nitrogens with two attached hydrogens (primary N) is 1. The summed E-state index contributed by atoms with van der Waals surface area (Å²) in [6.45, 7) is 4.96. The summed E-state index contributed by atoms with van der Waals surface area (Å²) in [4.78, 5) is 17.3. The third kappa shape index (κ3) is 5.78. The Bertz CT molecular complexity index is 819. The fraction of sp³-hybridized carbons (Fsp3) is 0.391. The maximum absolute atomic E-state index is 12.9. The zero-order valence-corrected chi connectivity index (χ0v) is 17.8. The minimum atomic E-state index is 0.130. The molecule has 2 aromatic carbocycles. The molecule has 3 N–H and O–H groups in total. The van der Waals surface area contributed by atoms with E-state index in [4.69, 9.17) is 18.0 Å². The molecule has 0 spiro atoms. The van der Waals surface area contributed by atoms with Crippen molar-refractivity contribution in [2.75, 3.05) is 29.9 Å². The van der Waals surface area contributed by atoms with Crippen LogP contribution in [0.4, 0.5) is 11.4 Å². The van der Waals surface area contributed by atoms with Gasteiger partial charge in [-0.25, -0.2) is 0 Å². The number of piperidine rings is 1. The van der Waals surface area contributed by atoms with Gasteiger partial charge in [-0.1, -0.05) is 49.4 Å². The standard InChI is InChI=1S/C23H30N4OS/c1-2-22(28)27(21-11-7-6-10-20(21)25-23(24)29)19-13-16-26(17-14-19)15-12-18-8-4-3-5-9-18/h3-11,19H,2,12-17H2,1H3,(H3,24,25,29). The van der Waals surface area contributed by atoms with Crippen molar-refractivity contribution in [3.63, 3.8) is 0 Å². The number of hydrogen-bond donors (Lipinski definition) is 2. The Balaban J connectivity index is 1.67. The first-order chi connectivity index (χ1) is 14.1. The Labute approximate surface area is 178 Å². The Morgan fingerprint density at radius 1 is 1.14 bits per heavy atom. The summed E-state index contributed by atoms with van der Waals surface area (Å²) in [6.07, 6.45) is 3.45. The van der Waals surface area contributed by atoms with Crippen molar-refractivity contribution in [3.05, 3.63) is 60.2 Å². The number of nitrogens with zero attached hydrogens (tertiary/aromatic N) is 2. The molecule has 0 radical (unpaired) electrons. The van der Waals surface area contributed by atoms with E-state index < -0.39 is 0 Å². The highest BCUT2D eigenvalue weighted by Crippen LogP contribution is 2.31. The van der Waals surface area contributed by atoms with Crippen LogP contribution in [0.1, 0.15) is 31.7 Å². The van der Waals surface area contributed by atoms with Crippen LogP contribution in [-0.4, -0.2) is 41.6 Å². The van der Waals surface area contributed by atoms with Crippen LogP contribution in [0.2, 0.25) is 0 Å². The summed E-state index contributed by atoms with van der Waals surface area (Å²) >= 11 is 5.02. The number of nitrogens with one attached hydrogen (secondary N) is 1. The molecule has 0 atom stereocenters. The molecule has 3 rings (SSSR count). The van der Waals surface area contributed by atoms with E-state index in [9.17, 15) is 4.79 Å². The zero-order chi connectivity index (χ0) is 20.6. The zero-order valence-electron chi connectivity index (χ0n) is 17.0. The maximum atomic E-state index is 12.9. The molecule has 1 saturated heterocycles. The molecule has 1 aliphatic rings. The lowest BCUT2D eigenvalue weighted by molar-refractivity contribution is -0.119. The molecular weight excluding hydrogens is 380 g/mol. The number of anilines is 2. The largest absolute Gasteiger partial charge is 0.376 e. The Hall–Kier alpha value is -2.44. The van der Waals surface area contributed by atoms with Gasteiger partial charge in [0.15, 0.2) is 5.11 Å². The molecule has 0 aliphatic carbocycles. The lowest BCUT2D eigenvalue weighted by Crippen LogP contribution is -2.48. The molecule has 1 fully saturated rings. The van der Waals surface area contributed by atoms with Gasteiger partial charge in [0.2, 0.25) is 5.91 Å². The number of rotatable bonds is 7. The number of carbonyl (C=O) groups is 1. The van der Waals surface area contributed by atoms with Crippen molar-refractivity contribution in [2.45, 2.75) is 38.6 Å². The van der Waals surface area contributed by atoms with Crippen molar-refractivity contribution in [3.8, 4) is 0 Å². The normalized spacial score (nSPS) is 15.1. The molecular formula is C23H30N4OS. The lowest BCUT2D eigenvalue weighted by atomic mass is 10.0. The van der Waals surface area contributed by atoms with Gasteiger partial charge in [-0.15, -0.1) is 0 Å². The van der Waals surface area contributed by atoms with E-state index >= 15 is 0 Å². The fourth-order valence-corrected chi connectivity index (χ4v) is 4.07. The predicted octanol–water partition coefficient (Wildman–Crippen LogP) is 3.79. The number of likely N-dealkylation sites (tertiary alicyclic amines) is 1. The highest BCUT2D eigenvalue weighted by molar-refractivity contribution is 7.80. The van der Waals surface area contributed by atoms with E-state index in [0.29, 0.717) is 6.42 Å². The van der Waals surface area contributed by atoms with Crippen molar-refractivity contribution < 1.29 is 4.79 Å². The summed E-state index contributed by atoms with van der Waals surface area (Å²) in [5, 5.41) is 3.23. The number of amides is 1. The second-order valence-corrected chi connectivity index (χ2v) is 7.87. The van der Waals surface area contributed by atoms with E-state index in [1.165, 1.54) is 5.56 Å². The summed E-state index contributed by atoms with van der Waals surface area (Å²) in [6, 6.07) is 18.5. The van der Waals surface area contributed by atoms with Crippen molar-refractivity contribution >= 4 is 34.6 Å². The van der Waals surface area contributed by atoms with Gasteiger partial charge in [0, 0.05) is 32.1 Å². The van der Waals surface area contributed by atoms with Crippen LogP contribution in [0.25, 0.3) is 0 Å². The first-order valence-electron chi connectivity index (χ1n) is 10.3. The van der Waals surface area contributed by atoms with E-state index in [1.54, 1.807) is 0 Å². The van der Waals surface area contributed by atoms with Crippen molar-refractivity contribution in [2.24, 2.45) is 5.73 Å². The second-order valence-electron chi connectivity index (χ2n) is 7.43. The van der Waals surface area contributed by atoms with Gasteiger partial charge in [-0.2, -0.15) is 0 Å². The minimum Gasteiger partial charge on any atom is -0.376 e. The molecule has 1 amide bonds. The van der Waals surface area contributed by atoms with Crippen LogP contribution in [0.15, 0.2) is 54.6 Å². The summed E-state index contributed by atoms with van der Waals surface area (Å²) < 4.78 is 0. The molecule has 5 nitrogen and oxygen atoms in total. The molecule has 2 aromatic rings. The van der Waals surface area contributed by atoms with Gasteiger partial charge in [0.25, 0.3) is 0 Å². The first-order valence-corrected chi connectivity index (χ1v) is 10.7. The number of benzene rings is 2. The number of thiocarbonyl (C=S) groups is 1. The van der Waals surface area contributed by atoms with Crippen LogP contribution < -0.4 is 16.0 Å². The third-order valence-corrected chi connectivity index (χ3v) is 5.58. The van der Waals surface area contributed by atoms with Gasteiger partial charge in [-0.05, 0) is 49.2 Å².